The van der Waals surface area contributed by atoms with Gasteiger partial charge in [-0.1, -0.05) is 25.0 Å². The summed E-state index contributed by atoms with van der Waals surface area (Å²) in [7, 11) is 1.92. The molecule has 1 unspecified atom stereocenters. The molecule has 1 spiro atoms. The summed E-state index contributed by atoms with van der Waals surface area (Å²) < 4.78 is 6.06. The van der Waals surface area contributed by atoms with E-state index in [1.54, 1.807) is 0 Å². The summed E-state index contributed by atoms with van der Waals surface area (Å²) in [4.78, 5) is 22.7. The first kappa shape index (κ1) is 16.6. The predicted octanol–water partition coefficient (Wildman–Crippen LogP) is 3.30. The van der Waals surface area contributed by atoms with Crippen molar-refractivity contribution in [3.05, 3.63) is 30.1 Å². The fourth-order valence-corrected chi connectivity index (χ4v) is 4.43. The zero-order chi connectivity index (χ0) is 17.3. The number of rotatable bonds is 4. The number of hydrogen-bond acceptors (Lipinski definition) is 3. The van der Waals surface area contributed by atoms with Crippen molar-refractivity contribution in [2.45, 2.75) is 50.5 Å². The second-order valence-electron chi connectivity index (χ2n) is 7.64. The first-order chi connectivity index (χ1) is 12.2. The van der Waals surface area contributed by atoms with Gasteiger partial charge in [0.05, 0.1) is 16.6 Å². The molecule has 1 saturated carbocycles. The molecule has 1 aliphatic carbocycles. The fourth-order valence-electron chi connectivity index (χ4n) is 4.43. The van der Waals surface area contributed by atoms with Crippen LogP contribution in [-0.2, 0) is 16.0 Å². The lowest BCUT2D eigenvalue weighted by Crippen LogP contribution is -2.44. The number of fused-ring (bicyclic) bond motifs is 1. The van der Waals surface area contributed by atoms with Gasteiger partial charge in [-0.3, -0.25) is 4.79 Å². The Kier molecular flexibility index (Phi) is 4.50. The monoisotopic (exact) mass is 341 g/mol. The minimum atomic E-state index is -0.00183. The molecular formula is C20H27N3O2. The minimum absolute atomic E-state index is 0.00183. The van der Waals surface area contributed by atoms with E-state index in [-0.39, 0.29) is 17.4 Å². The summed E-state index contributed by atoms with van der Waals surface area (Å²) >= 11 is 0. The second-order valence-corrected chi connectivity index (χ2v) is 7.64. The zero-order valence-corrected chi connectivity index (χ0v) is 15.0. The lowest BCUT2D eigenvalue weighted by atomic mass is 9.84. The maximum absolute atomic E-state index is 12.9. The van der Waals surface area contributed by atoms with Crippen LogP contribution in [-0.4, -0.2) is 46.6 Å². The third-order valence-electron chi connectivity index (χ3n) is 5.86. The number of likely N-dealkylation sites (N-methyl/N-ethyl adjacent to an activating group) is 1. The van der Waals surface area contributed by atoms with Gasteiger partial charge in [0.1, 0.15) is 5.82 Å². The van der Waals surface area contributed by atoms with Crippen molar-refractivity contribution in [3.8, 4) is 0 Å². The molecule has 25 heavy (non-hydrogen) atoms. The SMILES string of the molecule is CN(CCc1nc2ccccc2[nH]1)C(=O)C1CCOC2(CCCC2)C1. The van der Waals surface area contributed by atoms with Crippen LogP contribution in [0.3, 0.4) is 0 Å². The van der Waals surface area contributed by atoms with Crippen molar-refractivity contribution >= 4 is 16.9 Å². The van der Waals surface area contributed by atoms with Gasteiger partial charge in [0.2, 0.25) is 5.91 Å². The molecule has 4 rings (SSSR count). The number of benzene rings is 1. The highest BCUT2D eigenvalue weighted by Gasteiger charge is 2.42. The van der Waals surface area contributed by atoms with E-state index >= 15 is 0 Å². The Hall–Kier alpha value is -1.88. The van der Waals surface area contributed by atoms with Crippen molar-refractivity contribution in [2.75, 3.05) is 20.2 Å². The van der Waals surface area contributed by atoms with Crippen LogP contribution >= 0.6 is 0 Å². The third-order valence-corrected chi connectivity index (χ3v) is 5.86. The number of aromatic nitrogens is 2. The van der Waals surface area contributed by atoms with Gasteiger partial charge in [-0.25, -0.2) is 4.98 Å². The number of H-pyrrole nitrogens is 1. The summed E-state index contributed by atoms with van der Waals surface area (Å²) in [6.45, 7) is 1.43. The van der Waals surface area contributed by atoms with Gasteiger partial charge in [-0.05, 0) is 37.8 Å². The lowest BCUT2D eigenvalue weighted by Gasteiger charge is -2.38. The molecule has 1 aromatic carbocycles. The molecule has 2 aliphatic rings. The summed E-state index contributed by atoms with van der Waals surface area (Å²) in [6, 6.07) is 8.04. The number of carbonyl (C=O) groups excluding carboxylic acids is 1. The third kappa shape index (κ3) is 3.43. The molecule has 1 amide bonds. The molecule has 2 heterocycles. The van der Waals surface area contributed by atoms with Gasteiger partial charge in [0.15, 0.2) is 0 Å². The number of amides is 1. The number of imidazole rings is 1. The van der Waals surface area contributed by atoms with Crippen molar-refractivity contribution in [1.82, 2.24) is 14.9 Å². The second kappa shape index (κ2) is 6.79. The Bertz CT molecular complexity index is 715. The molecule has 1 aromatic heterocycles. The van der Waals surface area contributed by atoms with E-state index in [2.05, 4.69) is 9.97 Å². The van der Waals surface area contributed by atoms with Gasteiger partial charge in [-0.15, -0.1) is 0 Å². The maximum Gasteiger partial charge on any atom is 0.225 e. The van der Waals surface area contributed by atoms with Crippen LogP contribution in [0.15, 0.2) is 24.3 Å². The molecule has 0 radical (unpaired) electrons. The van der Waals surface area contributed by atoms with Crippen LogP contribution in [0.5, 0.6) is 0 Å². The zero-order valence-electron chi connectivity index (χ0n) is 15.0. The maximum atomic E-state index is 12.9. The quantitative estimate of drug-likeness (QED) is 0.928. The number of hydrogen-bond donors (Lipinski definition) is 1. The normalized spacial score (nSPS) is 22.5. The van der Waals surface area contributed by atoms with Crippen LogP contribution in [0, 0.1) is 5.92 Å². The predicted molar refractivity (Wildman–Crippen MR) is 97.3 cm³/mol. The first-order valence-corrected chi connectivity index (χ1v) is 9.48. The fraction of sp³-hybridized carbons (Fsp3) is 0.600. The Morgan fingerprint density at radius 1 is 1.36 bits per heavy atom. The largest absolute Gasteiger partial charge is 0.375 e. The number of carbonyl (C=O) groups is 1. The summed E-state index contributed by atoms with van der Waals surface area (Å²) in [5.74, 6) is 1.33. The van der Waals surface area contributed by atoms with Crippen molar-refractivity contribution in [1.29, 1.82) is 0 Å². The van der Waals surface area contributed by atoms with E-state index in [1.807, 2.05) is 36.2 Å². The number of nitrogens with zero attached hydrogens (tertiary/aromatic N) is 2. The highest BCUT2D eigenvalue weighted by Crippen LogP contribution is 2.42. The standard InChI is InChI=1S/C20H27N3O2/c1-23(12-8-18-21-16-6-2-3-7-17(16)22-18)19(24)15-9-13-25-20(14-15)10-4-5-11-20/h2-3,6-7,15H,4-5,8-14H2,1H3,(H,21,22). The van der Waals surface area contributed by atoms with Crippen LogP contribution in [0.2, 0.25) is 0 Å². The van der Waals surface area contributed by atoms with Crippen LogP contribution < -0.4 is 0 Å². The summed E-state index contributed by atoms with van der Waals surface area (Å²) in [5, 5.41) is 0. The van der Waals surface area contributed by atoms with Gasteiger partial charge in [-0.2, -0.15) is 0 Å². The topological polar surface area (TPSA) is 58.2 Å². The van der Waals surface area contributed by atoms with E-state index in [4.69, 9.17) is 4.74 Å². The average molecular weight is 341 g/mol. The van der Waals surface area contributed by atoms with Crippen LogP contribution in [0.25, 0.3) is 11.0 Å². The number of aromatic amines is 1. The molecular weight excluding hydrogens is 314 g/mol. The molecule has 2 fully saturated rings. The average Bonchev–Trinajstić information content (AvgIpc) is 3.25. The molecule has 1 atom stereocenters. The molecule has 1 aliphatic heterocycles. The van der Waals surface area contributed by atoms with E-state index in [1.165, 1.54) is 12.8 Å². The van der Waals surface area contributed by atoms with E-state index in [9.17, 15) is 4.79 Å². The Morgan fingerprint density at radius 2 is 2.16 bits per heavy atom. The Balaban J connectivity index is 1.35. The molecule has 1 N–H and O–H groups in total. The molecule has 1 saturated heterocycles. The first-order valence-electron chi connectivity index (χ1n) is 9.48. The van der Waals surface area contributed by atoms with Gasteiger partial charge in [0.25, 0.3) is 0 Å². The molecule has 2 aromatic rings. The Labute approximate surface area is 148 Å². The van der Waals surface area contributed by atoms with Crippen molar-refractivity contribution in [3.63, 3.8) is 0 Å². The highest BCUT2D eigenvalue weighted by molar-refractivity contribution is 5.79. The number of ether oxygens (including phenoxy) is 1. The number of para-hydroxylation sites is 2. The lowest BCUT2D eigenvalue weighted by molar-refractivity contribution is -0.146. The van der Waals surface area contributed by atoms with Gasteiger partial charge >= 0.3 is 0 Å². The van der Waals surface area contributed by atoms with Gasteiger partial charge in [0, 0.05) is 32.5 Å². The molecule has 134 valence electrons. The summed E-state index contributed by atoms with van der Waals surface area (Å²) in [6.07, 6.45) is 7.24. The van der Waals surface area contributed by atoms with Crippen LogP contribution in [0.4, 0.5) is 0 Å². The smallest absolute Gasteiger partial charge is 0.225 e. The van der Waals surface area contributed by atoms with Crippen molar-refractivity contribution < 1.29 is 9.53 Å². The molecule has 0 bridgehead atoms. The Morgan fingerprint density at radius 3 is 2.96 bits per heavy atom. The van der Waals surface area contributed by atoms with E-state index in [0.29, 0.717) is 6.54 Å². The number of nitrogens with one attached hydrogen (secondary N) is 1. The molecule has 5 heteroatoms. The van der Waals surface area contributed by atoms with E-state index in [0.717, 1.165) is 55.6 Å². The summed E-state index contributed by atoms with van der Waals surface area (Å²) in [5.41, 5.74) is 2.04. The van der Waals surface area contributed by atoms with Crippen LogP contribution in [0.1, 0.15) is 44.3 Å². The van der Waals surface area contributed by atoms with Gasteiger partial charge < -0.3 is 14.6 Å². The minimum Gasteiger partial charge on any atom is -0.375 e. The molecule has 5 nitrogen and oxygen atoms in total. The highest BCUT2D eigenvalue weighted by atomic mass is 16.5. The van der Waals surface area contributed by atoms with Crippen molar-refractivity contribution in [2.24, 2.45) is 5.92 Å². The van der Waals surface area contributed by atoms with E-state index < -0.39 is 0 Å².